The van der Waals surface area contributed by atoms with Gasteiger partial charge in [-0.25, -0.2) is 4.98 Å². The van der Waals surface area contributed by atoms with E-state index in [4.69, 9.17) is 21.3 Å². The summed E-state index contributed by atoms with van der Waals surface area (Å²) in [4.78, 5) is 48.7. The van der Waals surface area contributed by atoms with Crippen molar-refractivity contribution in [3.63, 3.8) is 0 Å². The minimum absolute atomic E-state index is 0.324. The van der Waals surface area contributed by atoms with Crippen LogP contribution < -0.4 is 4.90 Å². The van der Waals surface area contributed by atoms with Crippen LogP contribution in [-0.2, 0) is 9.53 Å². The number of amides is 3. The predicted octanol–water partition coefficient (Wildman–Crippen LogP) is 3.22. The topological polar surface area (TPSA) is 83.0 Å². The number of aryl methyl sites for hydroxylation is 1. The van der Waals surface area contributed by atoms with Crippen LogP contribution in [0.4, 0.5) is 5.13 Å². The van der Waals surface area contributed by atoms with Crippen molar-refractivity contribution < 1.29 is 19.1 Å². The number of hydrogen-bond acceptors (Lipinski definition) is 7. The first-order valence-corrected chi connectivity index (χ1v) is 12.2. The number of aromatic nitrogens is 1. The first kappa shape index (κ1) is 22.9. The Morgan fingerprint density at radius 3 is 2.47 bits per heavy atom. The van der Waals surface area contributed by atoms with Crippen LogP contribution in [0.15, 0.2) is 36.4 Å². The van der Waals surface area contributed by atoms with Gasteiger partial charge in [0, 0.05) is 31.2 Å². The van der Waals surface area contributed by atoms with Gasteiger partial charge in [-0.3, -0.25) is 29.1 Å². The van der Waals surface area contributed by atoms with Crippen LogP contribution >= 0.6 is 22.9 Å². The first-order chi connectivity index (χ1) is 16.4. The number of morpholine rings is 1. The van der Waals surface area contributed by atoms with Crippen molar-refractivity contribution >= 4 is 56.0 Å². The third kappa shape index (κ3) is 4.20. The molecule has 0 atom stereocenters. The Morgan fingerprint density at radius 2 is 1.79 bits per heavy atom. The maximum absolute atomic E-state index is 13.5. The van der Waals surface area contributed by atoms with Gasteiger partial charge in [-0.2, -0.15) is 0 Å². The molecule has 2 aliphatic heterocycles. The molecule has 3 aromatic rings. The number of carbonyl (C=O) groups is 3. The van der Waals surface area contributed by atoms with Gasteiger partial charge in [0.05, 0.1) is 34.6 Å². The first-order valence-electron chi connectivity index (χ1n) is 11.1. The van der Waals surface area contributed by atoms with E-state index in [1.54, 1.807) is 29.2 Å². The molecule has 176 valence electrons. The second-order valence-electron chi connectivity index (χ2n) is 8.26. The van der Waals surface area contributed by atoms with E-state index < -0.39 is 11.8 Å². The molecule has 1 aromatic heterocycles. The lowest BCUT2D eigenvalue weighted by molar-refractivity contribution is -0.119. The van der Waals surface area contributed by atoms with Crippen molar-refractivity contribution in [1.29, 1.82) is 0 Å². The van der Waals surface area contributed by atoms with Gasteiger partial charge >= 0.3 is 0 Å². The molecule has 2 aliphatic rings. The lowest BCUT2D eigenvalue weighted by Gasteiger charge is -2.29. The second-order valence-corrected chi connectivity index (χ2v) is 9.67. The Bertz CT molecular complexity index is 1250. The molecule has 1 fully saturated rings. The molecule has 8 nitrogen and oxygen atoms in total. The molecule has 0 saturated carbocycles. The highest BCUT2D eigenvalue weighted by atomic mass is 35.5. The van der Waals surface area contributed by atoms with Crippen LogP contribution in [0.5, 0.6) is 0 Å². The third-order valence-electron chi connectivity index (χ3n) is 6.18. The highest BCUT2D eigenvalue weighted by molar-refractivity contribution is 7.22. The number of rotatable bonds is 6. The SMILES string of the molecule is Cc1c(Cl)ccc2sc(N(CCN3CCOCC3)C(=O)CN3C(=O)c4ccccc4C3=O)nc12. The van der Waals surface area contributed by atoms with Crippen molar-refractivity contribution in [2.24, 2.45) is 0 Å². The summed E-state index contributed by atoms with van der Waals surface area (Å²) in [6.07, 6.45) is 0. The monoisotopic (exact) mass is 498 g/mol. The number of hydrogen-bond donors (Lipinski definition) is 0. The van der Waals surface area contributed by atoms with E-state index in [9.17, 15) is 14.4 Å². The maximum atomic E-state index is 13.5. The minimum Gasteiger partial charge on any atom is -0.379 e. The van der Waals surface area contributed by atoms with Crippen molar-refractivity contribution in [2.45, 2.75) is 6.92 Å². The molecule has 10 heteroatoms. The summed E-state index contributed by atoms with van der Waals surface area (Å²) in [5.74, 6) is -1.26. The number of anilines is 1. The number of nitrogens with zero attached hydrogens (tertiary/aromatic N) is 4. The normalized spacial score (nSPS) is 16.4. The highest BCUT2D eigenvalue weighted by Crippen LogP contribution is 2.34. The summed E-state index contributed by atoms with van der Waals surface area (Å²) in [6, 6.07) is 10.3. The average molecular weight is 499 g/mol. The van der Waals surface area contributed by atoms with E-state index in [0.717, 1.165) is 33.8 Å². The number of ether oxygens (including phenoxy) is 1. The fraction of sp³-hybridized carbons (Fsp3) is 0.333. The van der Waals surface area contributed by atoms with Crippen LogP contribution in [0.3, 0.4) is 0 Å². The lowest BCUT2D eigenvalue weighted by Crippen LogP contribution is -2.47. The van der Waals surface area contributed by atoms with Gasteiger partial charge in [0.2, 0.25) is 5.91 Å². The summed E-state index contributed by atoms with van der Waals surface area (Å²) < 4.78 is 6.34. The largest absolute Gasteiger partial charge is 0.379 e. The smallest absolute Gasteiger partial charge is 0.262 e. The molecule has 3 heterocycles. The fourth-order valence-corrected chi connectivity index (χ4v) is 5.42. The van der Waals surface area contributed by atoms with E-state index in [2.05, 4.69) is 4.90 Å². The summed E-state index contributed by atoms with van der Waals surface area (Å²) in [5.41, 5.74) is 2.25. The number of imide groups is 1. The fourth-order valence-electron chi connectivity index (χ4n) is 4.20. The zero-order valence-electron chi connectivity index (χ0n) is 18.6. The number of thiazole rings is 1. The number of carbonyl (C=O) groups excluding carboxylic acids is 3. The van der Waals surface area contributed by atoms with Crippen LogP contribution in [0.2, 0.25) is 5.02 Å². The van der Waals surface area contributed by atoms with E-state index in [1.807, 2.05) is 19.1 Å². The zero-order valence-corrected chi connectivity index (χ0v) is 20.2. The van der Waals surface area contributed by atoms with Gasteiger partial charge in [-0.05, 0) is 36.8 Å². The molecule has 0 spiro atoms. The summed E-state index contributed by atoms with van der Waals surface area (Å²) in [5, 5.41) is 1.14. The molecule has 1 saturated heterocycles. The predicted molar refractivity (Wildman–Crippen MR) is 131 cm³/mol. The highest BCUT2D eigenvalue weighted by Gasteiger charge is 2.37. The maximum Gasteiger partial charge on any atom is 0.262 e. The third-order valence-corrected chi connectivity index (χ3v) is 7.64. The zero-order chi connectivity index (χ0) is 23.8. The number of fused-ring (bicyclic) bond motifs is 2. The van der Waals surface area contributed by atoms with Crippen LogP contribution in [0, 0.1) is 6.92 Å². The summed E-state index contributed by atoms with van der Waals surface area (Å²) in [6.45, 7) is 5.45. The summed E-state index contributed by atoms with van der Waals surface area (Å²) in [7, 11) is 0. The quantitative estimate of drug-likeness (QED) is 0.485. The molecule has 0 bridgehead atoms. The Labute approximate surface area is 205 Å². The van der Waals surface area contributed by atoms with Gasteiger partial charge < -0.3 is 4.74 Å². The molecule has 0 radical (unpaired) electrons. The van der Waals surface area contributed by atoms with Gasteiger partial charge in [0.1, 0.15) is 6.54 Å². The van der Waals surface area contributed by atoms with Crippen LogP contribution in [0.25, 0.3) is 10.2 Å². The van der Waals surface area contributed by atoms with Gasteiger partial charge in [-0.15, -0.1) is 0 Å². The lowest BCUT2D eigenvalue weighted by atomic mass is 10.1. The van der Waals surface area contributed by atoms with E-state index in [0.29, 0.717) is 47.6 Å². The van der Waals surface area contributed by atoms with Gasteiger partial charge in [0.25, 0.3) is 11.8 Å². The molecule has 2 aromatic carbocycles. The van der Waals surface area contributed by atoms with Crippen molar-refractivity contribution in [1.82, 2.24) is 14.8 Å². The molecule has 34 heavy (non-hydrogen) atoms. The number of halogens is 1. The van der Waals surface area contributed by atoms with Crippen molar-refractivity contribution in [2.75, 3.05) is 50.8 Å². The molecule has 3 amide bonds. The van der Waals surface area contributed by atoms with Crippen molar-refractivity contribution in [3.05, 3.63) is 58.1 Å². The Balaban J connectivity index is 1.42. The van der Waals surface area contributed by atoms with E-state index in [1.165, 1.54) is 11.3 Å². The second kappa shape index (κ2) is 9.42. The Morgan fingerprint density at radius 1 is 1.12 bits per heavy atom. The van der Waals surface area contributed by atoms with E-state index in [-0.39, 0.29) is 12.5 Å². The molecule has 0 unspecified atom stereocenters. The minimum atomic E-state index is -0.450. The molecule has 0 N–H and O–H groups in total. The van der Waals surface area contributed by atoms with Crippen LogP contribution in [-0.4, -0.2) is 78.4 Å². The van der Waals surface area contributed by atoms with Crippen LogP contribution in [0.1, 0.15) is 26.3 Å². The van der Waals surface area contributed by atoms with Gasteiger partial charge in [0.15, 0.2) is 5.13 Å². The standard InChI is InChI=1S/C24H23ClN4O4S/c1-15-18(25)6-7-19-21(15)26-24(34-19)28(9-8-27-10-12-33-13-11-27)20(30)14-29-22(31)16-4-2-3-5-17(16)23(29)32/h2-7H,8-14H2,1H3. The van der Waals surface area contributed by atoms with Crippen molar-refractivity contribution in [3.8, 4) is 0 Å². The number of benzene rings is 2. The Kier molecular flexibility index (Phi) is 6.35. The van der Waals surface area contributed by atoms with E-state index >= 15 is 0 Å². The summed E-state index contributed by atoms with van der Waals surface area (Å²) >= 11 is 7.67. The Hall–Kier alpha value is -2.85. The van der Waals surface area contributed by atoms with Gasteiger partial charge in [-0.1, -0.05) is 35.1 Å². The molecule has 5 rings (SSSR count). The molecular formula is C24H23ClN4O4S. The molecular weight excluding hydrogens is 476 g/mol. The molecule has 0 aliphatic carbocycles. The average Bonchev–Trinajstić information content (AvgIpc) is 3.38.